The van der Waals surface area contributed by atoms with E-state index in [1.807, 2.05) is 7.05 Å². The van der Waals surface area contributed by atoms with Gasteiger partial charge in [-0.25, -0.2) is 0 Å². The number of benzene rings is 2. The summed E-state index contributed by atoms with van der Waals surface area (Å²) in [5, 5.41) is 11.0. The Bertz CT molecular complexity index is 1190. The first-order chi connectivity index (χ1) is 14.9. The average Bonchev–Trinajstić information content (AvgIpc) is 3.12. The number of ether oxygens (including phenoxy) is 2. The molecule has 1 aromatic heterocycles. The van der Waals surface area contributed by atoms with Gasteiger partial charge in [-0.1, -0.05) is 11.6 Å². The van der Waals surface area contributed by atoms with Crippen LogP contribution in [0.15, 0.2) is 44.0 Å². The van der Waals surface area contributed by atoms with Gasteiger partial charge in [0, 0.05) is 44.7 Å². The van der Waals surface area contributed by atoms with E-state index in [0.717, 1.165) is 18.5 Å². The normalized spacial score (nSPS) is 19.2. The van der Waals surface area contributed by atoms with Gasteiger partial charge < -0.3 is 23.9 Å². The van der Waals surface area contributed by atoms with Crippen LogP contribution in [0.3, 0.4) is 0 Å². The van der Waals surface area contributed by atoms with Gasteiger partial charge in [-0.15, -0.1) is 0 Å². The van der Waals surface area contributed by atoms with Crippen LogP contribution in [-0.2, 0) is 0 Å². The highest BCUT2D eigenvalue weighted by atomic mass is 79.9. The van der Waals surface area contributed by atoms with Gasteiger partial charge in [-0.05, 0) is 54.1 Å². The number of rotatable bonds is 5. The molecule has 0 radical (unpaired) electrons. The van der Waals surface area contributed by atoms with Gasteiger partial charge >= 0.3 is 0 Å². The Hall–Kier alpha value is -2.06. The van der Waals surface area contributed by atoms with Gasteiger partial charge in [0.05, 0.1) is 20.8 Å². The van der Waals surface area contributed by atoms with Crippen molar-refractivity contribution in [1.82, 2.24) is 4.90 Å². The number of hydrogen-bond acceptors (Lipinski definition) is 6. The van der Waals surface area contributed by atoms with Crippen molar-refractivity contribution in [2.45, 2.75) is 18.4 Å². The van der Waals surface area contributed by atoms with Crippen molar-refractivity contribution >= 4 is 38.5 Å². The Morgan fingerprint density at radius 1 is 1.23 bits per heavy atom. The van der Waals surface area contributed by atoms with Crippen molar-refractivity contribution in [3.63, 3.8) is 0 Å². The third-order valence-corrected chi connectivity index (χ3v) is 6.88. The van der Waals surface area contributed by atoms with Crippen LogP contribution in [0, 0.1) is 0 Å². The third-order valence-electron chi connectivity index (χ3n) is 5.98. The number of halogens is 2. The van der Waals surface area contributed by atoms with Crippen LogP contribution < -0.4 is 14.9 Å². The summed E-state index contributed by atoms with van der Waals surface area (Å²) in [6, 6.07) is 8.36. The predicted octanol–water partition coefficient (Wildman–Crippen LogP) is 4.67. The van der Waals surface area contributed by atoms with Crippen LogP contribution in [0.1, 0.15) is 17.9 Å². The molecule has 2 unspecified atom stereocenters. The van der Waals surface area contributed by atoms with Gasteiger partial charge in [0.15, 0.2) is 5.43 Å². The van der Waals surface area contributed by atoms with Crippen LogP contribution in [0.2, 0.25) is 5.02 Å². The monoisotopic (exact) mass is 507 g/mol. The highest BCUT2D eigenvalue weighted by Gasteiger charge is 2.37. The standard InChI is InChI=1S/C23H23BrClNO5/c1-26-7-6-14(16(26)11-27)21-19(29-2)10-20(30-3)22-17(28)9-18(31-23(21)22)13-5-4-12(25)8-15(13)24/h4-5,8-10,14,16,27H,6-7,11H2,1-3H3. The molecular weight excluding hydrogens is 486 g/mol. The molecule has 1 aliphatic rings. The molecule has 164 valence electrons. The second kappa shape index (κ2) is 8.82. The lowest BCUT2D eigenvalue weighted by Crippen LogP contribution is -2.32. The fourth-order valence-corrected chi connectivity index (χ4v) is 5.29. The van der Waals surface area contributed by atoms with E-state index >= 15 is 0 Å². The topological polar surface area (TPSA) is 72.1 Å². The minimum atomic E-state index is -0.217. The lowest BCUT2D eigenvalue weighted by molar-refractivity contribution is 0.171. The van der Waals surface area contributed by atoms with E-state index in [1.54, 1.807) is 31.4 Å². The molecule has 2 atom stereocenters. The van der Waals surface area contributed by atoms with Crippen LogP contribution >= 0.6 is 27.5 Å². The van der Waals surface area contributed by atoms with E-state index in [1.165, 1.54) is 13.2 Å². The smallest absolute Gasteiger partial charge is 0.197 e. The highest BCUT2D eigenvalue weighted by molar-refractivity contribution is 9.10. The van der Waals surface area contributed by atoms with Gasteiger partial charge in [0.2, 0.25) is 0 Å². The molecule has 1 fully saturated rings. The molecule has 3 aromatic rings. The molecule has 8 heteroatoms. The Kier molecular flexibility index (Phi) is 6.30. The molecule has 1 N–H and O–H groups in total. The van der Waals surface area contributed by atoms with E-state index in [4.69, 9.17) is 25.5 Å². The molecule has 0 aliphatic carbocycles. The van der Waals surface area contributed by atoms with E-state index in [-0.39, 0.29) is 24.0 Å². The second-order valence-electron chi connectivity index (χ2n) is 7.62. The van der Waals surface area contributed by atoms with Crippen molar-refractivity contribution in [2.75, 3.05) is 34.4 Å². The molecule has 0 bridgehead atoms. The van der Waals surface area contributed by atoms with Crippen molar-refractivity contribution in [3.8, 4) is 22.8 Å². The molecule has 2 aromatic carbocycles. The summed E-state index contributed by atoms with van der Waals surface area (Å²) in [6.45, 7) is 0.809. The maximum absolute atomic E-state index is 13.2. The first-order valence-corrected chi connectivity index (χ1v) is 11.1. The number of aliphatic hydroxyl groups excluding tert-OH is 1. The molecule has 1 aliphatic heterocycles. The predicted molar refractivity (Wildman–Crippen MR) is 125 cm³/mol. The zero-order valence-corrected chi connectivity index (χ0v) is 19.8. The fraction of sp³-hybridized carbons (Fsp3) is 0.348. The second-order valence-corrected chi connectivity index (χ2v) is 8.91. The quantitative estimate of drug-likeness (QED) is 0.540. The number of hydrogen-bond donors (Lipinski definition) is 1. The summed E-state index contributed by atoms with van der Waals surface area (Å²) in [6.07, 6.45) is 0.804. The molecular formula is C23H23BrClNO5. The van der Waals surface area contributed by atoms with Crippen LogP contribution in [0.25, 0.3) is 22.3 Å². The third kappa shape index (κ3) is 3.84. The lowest BCUT2D eigenvalue weighted by Gasteiger charge is -2.25. The molecule has 2 heterocycles. The molecule has 0 spiro atoms. The lowest BCUT2D eigenvalue weighted by atomic mass is 9.89. The Labute approximate surface area is 193 Å². The van der Waals surface area contributed by atoms with Crippen molar-refractivity contribution in [3.05, 3.63) is 55.6 Å². The Morgan fingerprint density at radius 2 is 1.97 bits per heavy atom. The first kappa shape index (κ1) is 22.1. The molecule has 0 saturated carbocycles. The Morgan fingerprint density at radius 3 is 2.61 bits per heavy atom. The SMILES string of the molecule is COc1cc(OC)c2c(=O)cc(-c3ccc(Cl)cc3Br)oc2c1C1CCN(C)C1CO. The summed E-state index contributed by atoms with van der Waals surface area (Å²) in [5.74, 6) is 1.30. The summed E-state index contributed by atoms with van der Waals surface area (Å²) in [7, 11) is 5.07. The number of fused-ring (bicyclic) bond motifs is 1. The molecule has 6 nitrogen and oxygen atoms in total. The number of likely N-dealkylation sites (N-methyl/N-ethyl adjacent to an activating group) is 1. The number of likely N-dealkylation sites (tertiary alicyclic amines) is 1. The maximum atomic E-state index is 13.2. The van der Waals surface area contributed by atoms with Crippen molar-refractivity contribution in [1.29, 1.82) is 0 Å². The minimum Gasteiger partial charge on any atom is -0.496 e. The van der Waals surface area contributed by atoms with Gasteiger partial charge in [0.25, 0.3) is 0 Å². The zero-order chi connectivity index (χ0) is 22.3. The van der Waals surface area contributed by atoms with Crippen molar-refractivity contribution < 1.29 is 19.0 Å². The Balaban J connectivity index is 2.06. The molecule has 1 saturated heterocycles. The number of aliphatic hydroxyl groups is 1. The summed E-state index contributed by atoms with van der Waals surface area (Å²) >= 11 is 9.59. The highest BCUT2D eigenvalue weighted by Crippen LogP contribution is 2.45. The molecule has 4 rings (SSSR count). The molecule has 0 amide bonds. The molecule has 31 heavy (non-hydrogen) atoms. The zero-order valence-electron chi connectivity index (χ0n) is 17.4. The van der Waals surface area contributed by atoms with Crippen molar-refractivity contribution in [2.24, 2.45) is 0 Å². The number of nitrogens with zero attached hydrogens (tertiary/aromatic N) is 1. The van der Waals surface area contributed by atoms with E-state index in [2.05, 4.69) is 20.8 Å². The average molecular weight is 509 g/mol. The minimum absolute atomic E-state index is 0.00943. The van der Waals surface area contributed by atoms with E-state index < -0.39 is 0 Å². The summed E-state index contributed by atoms with van der Waals surface area (Å²) in [4.78, 5) is 15.3. The van der Waals surface area contributed by atoms with Crippen LogP contribution in [0.5, 0.6) is 11.5 Å². The largest absolute Gasteiger partial charge is 0.496 e. The van der Waals surface area contributed by atoms with Crippen LogP contribution in [-0.4, -0.2) is 50.5 Å². The van der Waals surface area contributed by atoms with Gasteiger partial charge in [0.1, 0.15) is 28.2 Å². The fourth-order valence-electron chi connectivity index (χ4n) is 4.41. The number of methoxy groups -OCH3 is 2. The first-order valence-electron chi connectivity index (χ1n) is 9.88. The van der Waals surface area contributed by atoms with Gasteiger partial charge in [-0.2, -0.15) is 0 Å². The summed E-state index contributed by atoms with van der Waals surface area (Å²) < 4.78 is 18.3. The summed E-state index contributed by atoms with van der Waals surface area (Å²) in [5.41, 5.74) is 1.68. The van der Waals surface area contributed by atoms with Crippen LogP contribution in [0.4, 0.5) is 0 Å². The van der Waals surface area contributed by atoms with E-state index in [9.17, 15) is 9.90 Å². The van der Waals surface area contributed by atoms with E-state index in [0.29, 0.717) is 43.3 Å². The maximum Gasteiger partial charge on any atom is 0.197 e. The van der Waals surface area contributed by atoms with Gasteiger partial charge in [-0.3, -0.25) is 4.79 Å².